The van der Waals surface area contributed by atoms with Crippen molar-refractivity contribution in [3.05, 3.63) is 22.9 Å². The van der Waals surface area contributed by atoms with Crippen LogP contribution in [-0.4, -0.2) is 25.1 Å². The van der Waals surface area contributed by atoms with Crippen molar-refractivity contribution in [1.29, 1.82) is 0 Å². The Kier molecular flexibility index (Phi) is 3.59. The largest absolute Gasteiger partial charge is 0.262 e. The molecule has 2 aromatic rings. The van der Waals surface area contributed by atoms with Crippen LogP contribution in [0.3, 0.4) is 0 Å². The van der Waals surface area contributed by atoms with Gasteiger partial charge in [-0.05, 0) is 18.7 Å². The second-order valence-electron chi connectivity index (χ2n) is 4.91. The third-order valence-corrected chi connectivity index (χ3v) is 3.09. The normalized spacial score (nSPS) is 11.8. The van der Waals surface area contributed by atoms with Gasteiger partial charge in [0.15, 0.2) is 0 Å². The van der Waals surface area contributed by atoms with Gasteiger partial charge in [-0.15, -0.1) is 5.10 Å². The Labute approximate surface area is 115 Å². The van der Waals surface area contributed by atoms with Crippen LogP contribution in [0.4, 0.5) is 0 Å². The number of nitrogens with one attached hydrogen (secondary N) is 1. The van der Waals surface area contributed by atoms with Crippen molar-refractivity contribution >= 4 is 23.4 Å². The first-order valence-electron chi connectivity index (χ1n) is 5.46. The summed E-state index contributed by atoms with van der Waals surface area (Å²) in [6.45, 7) is 7.99. The molecule has 2 rings (SSSR count). The molecule has 0 spiro atoms. The van der Waals surface area contributed by atoms with Crippen LogP contribution in [-0.2, 0) is 5.41 Å². The molecule has 0 amide bonds. The van der Waals surface area contributed by atoms with Gasteiger partial charge in [-0.25, -0.2) is 15.0 Å². The minimum atomic E-state index is -0.144. The minimum Gasteiger partial charge on any atom is -0.262 e. The minimum absolute atomic E-state index is 0.144. The molecular formula is C11H14ClN5S. The Morgan fingerprint density at radius 2 is 1.94 bits per heavy atom. The van der Waals surface area contributed by atoms with E-state index in [2.05, 4.69) is 25.1 Å². The van der Waals surface area contributed by atoms with Crippen LogP contribution < -0.4 is 0 Å². The zero-order valence-corrected chi connectivity index (χ0v) is 12.2. The van der Waals surface area contributed by atoms with E-state index in [0.717, 1.165) is 10.9 Å². The maximum absolute atomic E-state index is 6.01. The number of hydrogen-bond donors (Lipinski definition) is 1. The fourth-order valence-corrected chi connectivity index (χ4v) is 2.26. The van der Waals surface area contributed by atoms with Crippen molar-refractivity contribution in [3.63, 3.8) is 0 Å². The van der Waals surface area contributed by atoms with Crippen LogP contribution in [0.15, 0.2) is 16.2 Å². The first-order chi connectivity index (χ1) is 8.34. The number of rotatable bonds is 2. The van der Waals surface area contributed by atoms with E-state index in [4.69, 9.17) is 11.6 Å². The summed E-state index contributed by atoms with van der Waals surface area (Å²) in [6, 6.07) is 1.72. The lowest BCUT2D eigenvalue weighted by Gasteiger charge is -2.16. The smallest absolute Gasteiger partial charge is 0.214 e. The Morgan fingerprint density at radius 1 is 1.22 bits per heavy atom. The third-order valence-electron chi connectivity index (χ3n) is 2.11. The number of hydrogen-bond acceptors (Lipinski definition) is 5. The second kappa shape index (κ2) is 4.85. The number of halogens is 1. The molecule has 18 heavy (non-hydrogen) atoms. The van der Waals surface area contributed by atoms with Crippen LogP contribution in [0.25, 0.3) is 0 Å². The fraction of sp³-hybridized carbons (Fsp3) is 0.455. The number of aromatic nitrogens is 5. The van der Waals surface area contributed by atoms with E-state index in [9.17, 15) is 0 Å². The first kappa shape index (κ1) is 13.3. The molecule has 0 atom stereocenters. The van der Waals surface area contributed by atoms with Crippen LogP contribution in [0.5, 0.6) is 0 Å². The van der Waals surface area contributed by atoms with Gasteiger partial charge in [-0.2, -0.15) is 0 Å². The van der Waals surface area contributed by atoms with Gasteiger partial charge >= 0.3 is 0 Å². The molecule has 0 radical (unpaired) electrons. The number of aryl methyl sites for hydroxylation is 1. The molecule has 0 aliphatic carbocycles. The quantitative estimate of drug-likeness (QED) is 0.858. The van der Waals surface area contributed by atoms with E-state index >= 15 is 0 Å². The van der Waals surface area contributed by atoms with Crippen molar-refractivity contribution in [2.45, 2.75) is 43.3 Å². The summed E-state index contributed by atoms with van der Waals surface area (Å²) < 4.78 is 0. The van der Waals surface area contributed by atoms with Crippen LogP contribution in [0.1, 0.15) is 32.4 Å². The highest BCUT2D eigenvalue weighted by Gasteiger charge is 2.19. The van der Waals surface area contributed by atoms with E-state index < -0.39 is 0 Å². The molecule has 0 fully saturated rings. The van der Waals surface area contributed by atoms with E-state index in [-0.39, 0.29) is 5.41 Å². The second-order valence-corrected chi connectivity index (χ2v) is 6.28. The topological polar surface area (TPSA) is 67.3 Å². The lowest BCUT2D eigenvalue weighted by atomic mass is 9.96. The van der Waals surface area contributed by atoms with Crippen LogP contribution in [0.2, 0.25) is 5.15 Å². The van der Waals surface area contributed by atoms with E-state index in [1.165, 1.54) is 11.8 Å². The molecule has 96 valence electrons. The predicted molar refractivity (Wildman–Crippen MR) is 71.0 cm³/mol. The molecule has 2 aromatic heterocycles. The van der Waals surface area contributed by atoms with Gasteiger partial charge in [0, 0.05) is 11.5 Å². The SMILES string of the molecule is Cc1nc(Sc2cc(Cl)nc(C(C)(C)C)n2)n[nH]1. The third kappa shape index (κ3) is 3.20. The van der Waals surface area contributed by atoms with Crippen LogP contribution >= 0.6 is 23.4 Å². The Morgan fingerprint density at radius 3 is 2.50 bits per heavy atom. The number of aromatic amines is 1. The molecule has 0 bridgehead atoms. The summed E-state index contributed by atoms with van der Waals surface area (Å²) in [5.74, 6) is 1.48. The molecule has 1 N–H and O–H groups in total. The van der Waals surface area contributed by atoms with Gasteiger partial charge in [0.1, 0.15) is 21.8 Å². The molecule has 7 heteroatoms. The maximum Gasteiger partial charge on any atom is 0.214 e. The molecule has 0 aliphatic heterocycles. The van der Waals surface area contributed by atoms with Crippen LogP contribution in [0, 0.1) is 6.92 Å². The summed E-state index contributed by atoms with van der Waals surface area (Å²) in [5.41, 5.74) is -0.144. The molecule has 2 heterocycles. The fourth-order valence-electron chi connectivity index (χ4n) is 1.25. The lowest BCUT2D eigenvalue weighted by Crippen LogP contribution is -2.16. The summed E-state index contributed by atoms with van der Waals surface area (Å²) in [4.78, 5) is 12.9. The predicted octanol–water partition coefficient (Wildman–Crippen LogP) is 3.01. The van der Waals surface area contributed by atoms with Crippen molar-refractivity contribution in [3.8, 4) is 0 Å². The summed E-state index contributed by atoms with van der Waals surface area (Å²) >= 11 is 7.38. The summed E-state index contributed by atoms with van der Waals surface area (Å²) in [7, 11) is 0. The first-order valence-corrected chi connectivity index (χ1v) is 6.66. The standard InChI is InChI=1S/C11H14ClN5S/c1-6-13-10(17-16-6)18-8-5-7(12)14-9(15-8)11(2,3)4/h5H,1-4H3,(H,13,16,17). The molecule has 5 nitrogen and oxygen atoms in total. The van der Waals surface area contributed by atoms with E-state index in [1.54, 1.807) is 6.07 Å². The molecule has 0 saturated heterocycles. The van der Waals surface area contributed by atoms with Gasteiger partial charge in [-0.1, -0.05) is 32.4 Å². The van der Waals surface area contributed by atoms with Crippen molar-refractivity contribution in [2.24, 2.45) is 0 Å². The number of nitrogens with zero attached hydrogens (tertiary/aromatic N) is 4. The Bertz CT molecular complexity index is 561. The van der Waals surface area contributed by atoms with E-state index in [1.807, 2.05) is 27.7 Å². The van der Waals surface area contributed by atoms with Gasteiger partial charge in [0.2, 0.25) is 5.16 Å². The maximum atomic E-state index is 6.01. The zero-order chi connectivity index (χ0) is 13.3. The average molecular weight is 284 g/mol. The van der Waals surface area contributed by atoms with Gasteiger partial charge < -0.3 is 0 Å². The molecule has 0 saturated carbocycles. The van der Waals surface area contributed by atoms with Gasteiger partial charge in [0.25, 0.3) is 0 Å². The summed E-state index contributed by atoms with van der Waals surface area (Å²) in [6.07, 6.45) is 0. The van der Waals surface area contributed by atoms with Gasteiger partial charge in [-0.3, -0.25) is 5.10 Å². The van der Waals surface area contributed by atoms with Crippen molar-refractivity contribution in [1.82, 2.24) is 25.1 Å². The monoisotopic (exact) mass is 283 g/mol. The Hall–Kier alpha value is -1.14. The molecular weight excluding hydrogens is 270 g/mol. The highest BCUT2D eigenvalue weighted by atomic mass is 35.5. The van der Waals surface area contributed by atoms with E-state index in [0.29, 0.717) is 16.1 Å². The number of H-pyrrole nitrogens is 1. The average Bonchev–Trinajstić information content (AvgIpc) is 2.61. The summed E-state index contributed by atoms with van der Waals surface area (Å²) in [5, 5.41) is 8.66. The highest BCUT2D eigenvalue weighted by Crippen LogP contribution is 2.27. The highest BCUT2D eigenvalue weighted by molar-refractivity contribution is 7.99. The molecule has 0 unspecified atom stereocenters. The van der Waals surface area contributed by atoms with Gasteiger partial charge in [0.05, 0.1) is 0 Å². The molecule has 0 aliphatic rings. The lowest BCUT2D eigenvalue weighted by molar-refractivity contribution is 0.538. The van der Waals surface area contributed by atoms with Crippen molar-refractivity contribution in [2.75, 3.05) is 0 Å². The zero-order valence-electron chi connectivity index (χ0n) is 10.7. The molecule has 0 aromatic carbocycles. The Balaban J connectivity index is 2.31. The van der Waals surface area contributed by atoms with Crippen molar-refractivity contribution < 1.29 is 0 Å².